The van der Waals surface area contributed by atoms with Gasteiger partial charge in [0.15, 0.2) is 5.65 Å². The van der Waals surface area contributed by atoms with Gasteiger partial charge in [-0.2, -0.15) is 5.10 Å². The van der Waals surface area contributed by atoms with Gasteiger partial charge in [0.25, 0.3) is 0 Å². The Labute approximate surface area is 143 Å². The molecule has 0 saturated carbocycles. The molecule has 1 aliphatic heterocycles. The number of aromatic nitrogens is 4. The van der Waals surface area contributed by atoms with Crippen molar-refractivity contribution in [2.45, 2.75) is 26.2 Å². The molecule has 0 bridgehead atoms. The highest BCUT2D eigenvalue weighted by molar-refractivity contribution is 5.86. The summed E-state index contributed by atoms with van der Waals surface area (Å²) in [7, 11) is 3.68. The Bertz CT molecular complexity index is 683. The van der Waals surface area contributed by atoms with Crippen molar-refractivity contribution < 1.29 is 4.74 Å². The van der Waals surface area contributed by atoms with Crippen molar-refractivity contribution in [3.05, 3.63) is 12.0 Å². The number of nitrogens with zero attached hydrogens (tertiary/aromatic N) is 5. The highest BCUT2D eigenvalue weighted by atomic mass is 16.5. The normalized spacial score (nSPS) is 18.8. The molecule has 0 amide bonds. The molecule has 1 fully saturated rings. The fraction of sp³-hybridized carbons (Fsp3) is 0.706. The van der Waals surface area contributed by atoms with Crippen LogP contribution in [0.3, 0.4) is 0 Å². The van der Waals surface area contributed by atoms with Gasteiger partial charge >= 0.3 is 0 Å². The van der Waals surface area contributed by atoms with Crippen LogP contribution in [0, 0.1) is 5.92 Å². The first-order valence-corrected chi connectivity index (χ1v) is 8.73. The standard InChI is InChI=1S/C17H28N6O/c1-12(2)15-20-16(14-10-19-22(3)17(14)21-15)18-9-13-5-6-23(11-13)7-8-24-4/h10,12-13H,5-9,11H2,1-4H3,(H,18,20,21)/t13-/m1/s1. The molecule has 3 heterocycles. The van der Waals surface area contributed by atoms with Crippen LogP contribution in [0.15, 0.2) is 6.20 Å². The van der Waals surface area contributed by atoms with Gasteiger partial charge in [-0.25, -0.2) is 9.97 Å². The summed E-state index contributed by atoms with van der Waals surface area (Å²) in [5, 5.41) is 8.88. The summed E-state index contributed by atoms with van der Waals surface area (Å²) in [5.41, 5.74) is 0.893. The zero-order chi connectivity index (χ0) is 17.1. The number of nitrogens with one attached hydrogen (secondary N) is 1. The van der Waals surface area contributed by atoms with Gasteiger partial charge in [0.1, 0.15) is 11.6 Å². The first-order chi connectivity index (χ1) is 11.6. The van der Waals surface area contributed by atoms with Crippen LogP contribution < -0.4 is 5.32 Å². The molecule has 1 saturated heterocycles. The molecule has 7 nitrogen and oxygen atoms in total. The lowest BCUT2D eigenvalue weighted by atomic mass is 10.1. The second-order valence-corrected chi connectivity index (χ2v) is 6.92. The minimum atomic E-state index is 0.292. The Balaban J connectivity index is 1.69. The number of methoxy groups -OCH3 is 1. The Kier molecular flexibility index (Phi) is 5.30. The van der Waals surface area contributed by atoms with Crippen LogP contribution >= 0.6 is 0 Å². The SMILES string of the molecule is COCCN1CC[C@H](CNc2nc(C(C)C)nc3c2cnn3C)C1. The summed E-state index contributed by atoms with van der Waals surface area (Å²) in [6.07, 6.45) is 3.07. The van der Waals surface area contributed by atoms with Gasteiger partial charge in [0, 0.05) is 39.7 Å². The zero-order valence-corrected chi connectivity index (χ0v) is 15.1. The first kappa shape index (κ1) is 17.1. The Hall–Kier alpha value is -1.73. The average Bonchev–Trinajstić information content (AvgIpc) is 3.17. The van der Waals surface area contributed by atoms with Crippen LogP contribution in [0.5, 0.6) is 0 Å². The van der Waals surface area contributed by atoms with Crippen LogP contribution in [0.2, 0.25) is 0 Å². The lowest BCUT2D eigenvalue weighted by Crippen LogP contribution is -2.26. The maximum atomic E-state index is 5.17. The molecule has 0 unspecified atom stereocenters. The summed E-state index contributed by atoms with van der Waals surface area (Å²) >= 11 is 0. The zero-order valence-electron chi connectivity index (χ0n) is 15.1. The molecule has 1 N–H and O–H groups in total. The lowest BCUT2D eigenvalue weighted by molar-refractivity contribution is 0.159. The van der Waals surface area contributed by atoms with Gasteiger partial charge in [0.2, 0.25) is 0 Å². The quantitative estimate of drug-likeness (QED) is 0.835. The number of rotatable bonds is 7. The monoisotopic (exact) mass is 332 g/mol. The summed E-state index contributed by atoms with van der Waals surface area (Å²) in [6.45, 7) is 9.26. The first-order valence-electron chi connectivity index (χ1n) is 8.73. The largest absolute Gasteiger partial charge is 0.383 e. The smallest absolute Gasteiger partial charge is 0.163 e. The Morgan fingerprint density at radius 3 is 2.96 bits per heavy atom. The molecule has 3 rings (SSSR count). The summed E-state index contributed by atoms with van der Waals surface area (Å²) in [6, 6.07) is 0. The fourth-order valence-corrected chi connectivity index (χ4v) is 3.18. The van der Waals surface area contributed by atoms with Crippen molar-refractivity contribution in [1.29, 1.82) is 0 Å². The number of hydrogen-bond donors (Lipinski definition) is 1. The minimum absolute atomic E-state index is 0.292. The van der Waals surface area contributed by atoms with Crippen LogP contribution in [-0.4, -0.2) is 64.5 Å². The van der Waals surface area contributed by atoms with E-state index in [1.54, 1.807) is 7.11 Å². The van der Waals surface area contributed by atoms with Crippen LogP contribution in [0.25, 0.3) is 11.0 Å². The van der Waals surface area contributed by atoms with Gasteiger partial charge in [-0.1, -0.05) is 13.8 Å². The highest BCUT2D eigenvalue weighted by Crippen LogP contribution is 2.24. The third-order valence-electron chi connectivity index (χ3n) is 4.67. The summed E-state index contributed by atoms with van der Waals surface area (Å²) in [4.78, 5) is 11.8. The molecule has 0 spiro atoms. The number of likely N-dealkylation sites (tertiary alicyclic amines) is 1. The second-order valence-electron chi connectivity index (χ2n) is 6.92. The van der Waals surface area contributed by atoms with E-state index < -0.39 is 0 Å². The lowest BCUT2D eigenvalue weighted by Gasteiger charge is -2.16. The van der Waals surface area contributed by atoms with Crippen LogP contribution in [-0.2, 0) is 11.8 Å². The molecule has 7 heteroatoms. The summed E-state index contributed by atoms with van der Waals surface area (Å²) in [5.74, 6) is 2.71. The number of fused-ring (bicyclic) bond motifs is 1. The molecule has 1 atom stereocenters. The minimum Gasteiger partial charge on any atom is -0.383 e. The summed E-state index contributed by atoms with van der Waals surface area (Å²) < 4.78 is 6.99. The fourth-order valence-electron chi connectivity index (χ4n) is 3.18. The highest BCUT2D eigenvalue weighted by Gasteiger charge is 2.22. The molecule has 132 valence electrons. The molecular weight excluding hydrogens is 304 g/mol. The van der Waals surface area contributed by atoms with Crippen molar-refractivity contribution in [3.63, 3.8) is 0 Å². The number of hydrogen-bond acceptors (Lipinski definition) is 6. The van der Waals surface area contributed by atoms with E-state index in [1.165, 1.54) is 6.42 Å². The van der Waals surface area contributed by atoms with E-state index in [9.17, 15) is 0 Å². The number of aryl methyl sites for hydroxylation is 1. The van der Waals surface area contributed by atoms with Crippen molar-refractivity contribution in [2.24, 2.45) is 13.0 Å². The van der Waals surface area contributed by atoms with Crippen molar-refractivity contribution >= 4 is 16.9 Å². The topological polar surface area (TPSA) is 68.1 Å². The Morgan fingerprint density at radius 1 is 1.38 bits per heavy atom. The van der Waals surface area contributed by atoms with Gasteiger partial charge < -0.3 is 15.0 Å². The molecule has 0 aliphatic carbocycles. The molecule has 0 radical (unpaired) electrons. The predicted octanol–water partition coefficient (Wildman–Crippen LogP) is 1.87. The molecular formula is C17H28N6O. The average molecular weight is 332 g/mol. The van der Waals surface area contributed by atoms with E-state index in [1.807, 2.05) is 17.9 Å². The van der Waals surface area contributed by atoms with E-state index in [4.69, 9.17) is 9.72 Å². The predicted molar refractivity (Wildman–Crippen MR) is 95.3 cm³/mol. The van der Waals surface area contributed by atoms with E-state index in [2.05, 4.69) is 34.1 Å². The van der Waals surface area contributed by atoms with Crippen LogP contribution in [0.4, 0.5) is 5.82 Å². The number of ether oxygens (including phenoxy) is 1. The van der Waals surface area contributed by atoms with E-state index in [0.29, 0.717) is 11.8 Å². The maximum absolute atomic E-state index is 5.17. The third kappa shape index (κ3) is 3.67. The van der Waals surface area contributed by atoms with Gasteiger partial charge in [-0.05, 0) is 18.9 Å². The van der Waals surface area contributed by atoms with Gasteiger partial charge in [0.05, 0.1) is 18.2 Å². The van der Waals surface area contributed by atoms with E-state index >= 15 is 0 Å². The number of anilines is 1. The molecule has 1 aliphatic rings. The van der Waals surface area contributed by atoms with E-state index in [0.717, 1.165) is 55.5 Å². The molecule has 24 heavy (non-hydrogen) atoms. The molecule has 0 aromatic carbocycles. The molecule has 2 aromatic rings. The molecule has 2 aromatic heterocycles. The van der Waals surface area contributed by atoms with Crippen molar-refractivity contribution in [2.75, 3.05) is 45.2 Å². The van der Waals surface area contributed by atoms with Gasteiger partial charge in [-0.3, -0.25) is 4.68 Å². The maximum Gasteiger partial charge on any atom is 0.163 e. The van der Waals surface area contributed by atoms with Crippen molar-refractivity contribution in [3.8, 4) is 0 Å². The Morgan fingerprint density at radius 2 is 2.21 bits per heavy atom. The van der Waals surface area contributed by atoms with Crippen molar-refractivity contribution in [1.82, 2.24) is 24.6 Å². The van der Waals surface area contributed by atoms with Gasteiger partial charge in [-0.15, -0.1) is 0 Å². The van der Waals surface area contributed by atoms with E-state index in [-0.39, 0.29) is 0 Å². The van der Waals surface area contributed by atoms with Crippen LogP contribution in [0.1, 0.15) is 32.0 Å². The third-order valence-corrected chi connectivity index (χ3v) is 4.67. The second kappa shape index (κ2) is 7.44.